The van der Waals surface area contributed by atoms with Gasteiger partial charge in [0.1, 0.15) is 6.04 Å². The van der Waals surface area contributed by atoms with Crippen LogP contribution in [-0.2, 0) is 24.3 Å². The van der Waals surface area contributed by atoms with Crippen LogP contribution in [-0.4, -0.2) is 75.2 Å². The van der Waals surface area contributed by atoms with Crippen molar-refractivity contribution < 1.29 is 28.9 Å². The molecule has 0 aliphatic carbocycles. The zero-order chi connectivity index (χ0) is 27.2. The number of methoxy groups -OCH3 is 1. The molecule has 1 heterocycles. The molecule has 1 N–H and O–H groups in total. The summed E-state index contributed by atoms with van der Waals surface area (Å²) >= 11 is 0. The third-order valence-electron chi connectivity index (χ3n) is 6.20. The molecule has 2 unspecified atom stereocenters. The summed E-state index contributed by atoms with van der Waals surface area (Å²) in [6, 6.07) is 14.1. The Bertz CT molecular complexity index is 1210. The minimum absolute atomic E-state index is 0.0659. The van der Waals surface area contributed by atoms with Gasteiger partial charge in [-0.15, -0.1) is 0 Å². The first-order valence-corrected chi connectivity index (χ1v) is 13.2. The van der Waals surface area contributed by atoms with E-state index in [4.69, 9.17) is 6.11 Å². The number of carbonyl (C=O) groups is 3. The summed E-state index contributed by atoms with van der Waals surface area (Å²) in [6.07, 6.45) is 1.11. The average molecular weight is 517 g/mol. The molecule has 1 fully saturated rings. The van der Waals surface area contributed by atoms with Crippen molar-refractivity contribution in [2.45, 2.75) is 37.1 Å². The van der Waals surface area contributed by atoms with Crippen molar-refractivity contribution in [3.63, 3.8) is 0 Å². The highest BCUT2D eigenvalue weighted by atomic mass is 32.2. The van der Waals surface area contributed by atoms with Crippen molar-refractivity contribution in [3.05, 3.63) is 65.7 Å². The maximum Gasteiger partial charge on any atom is 0.328 e. The van der Waals surface area contributed by atoms with Gasteiger partial charge in [0.2, 0.25) is 15.9 Å². The number of likely N-dealkylation sites (N-methyl/N-ethyl adjacent to an activating group) is 1. The van der Waals surface area contributed by atoms with Gasteiger partial charge in [-0.3, -0.25) is 9.59 Å². The largest absolute Gasteiger partial charge is 0.467 e. The van der Waals surface area contributed by atoms with E-state index in [0.29, 0.717) is 24.9 Å². The average Bonchev–Trinajstić information content (AvgIpc) is 2.88. The van der Waals surface area contributed by atoms with Gasteiger partial charge >= 0.3 is 5.97 Å². The minimum atomic E-state index is -3.89. The van der Waals surface area contributed by atoms with Crippen molar-refractivity contribution in [1.29, 1.82) is 0 Å². The monoisotopic (exact) mass is 516 g/mol. The standard InChI is InChI=1S/C26H33N3O6S/c1-19-9-11-22(12-10-19)36(33,34)28(2)18-24(30)27-23(26(32)35-3)17-20-13-15-29(16-14-20)25(31)21-7-5-4-6-8-21/h4-12,20,23H,13-18H2,1-3H3,(H,27,30)/t23-/m0/s1/i15D/t15?,20?,23-. The predicted octanol–water partition coefficient (Wildman–Crippen LogP) is 2.22. The molecule has 1 aliphatic rings. The second-order valence-corrected chi connectivity index (χ2v) is 10.9. The van der Waals surface area contributed by atoms with Gasteiger partial charge in [-0.2, -0.15) is 4.31 Å². The van der Waals surface area contributed by atoms with Gasteiger partial charge in [0.25, 0.3) is 5.91 Å². The molecule has 2 amide bonds. The molecule has 3 atom stereocenters. The van der Waals surface area contributed by atoms with E-state index in [-0.39, 0.29) is 23.1 Å². The Morgan fingerprint density at radius 2 is 1.81 bits per heavy atom. The van der Waals surface area contributed by atoms with Gasteiger partial charge in [0.15, 0.2) is 0 Å². The number of likely N-dealkylation sites (tertiary alicyclic amines) is 1. The Balaban J connectivity index is 1.60. The molecule has 0 bridgehead atoms. The summed E-state index contributed by atoms with van der Waals surface area (Å²) in [5.74, 6) is -1.62. The minimum Gasteiger partial charge on any atom is -0.467 e. The lowest BCUT2D eigenvalue weighted by Gasteiger charge is -2.33. The maximum absolute atomic E-state index is 12.8. The number of carbonyl (C=O) groups excluding carboxylic acids is 3. The normalized spacial score (nSPS) is 19.3. The third kappa shape index (κ3) is 6.92. The Hall–Kier alpha value is -3.24. The lowest BCUT2D eigenvalue weighted by Crippen LogP contribution is -2.48. The Labute approximate surface area is 213 Å². The van der Waals surface area contributed by atoms with Crippen LogP contribution in [0.25, 0.3) is 0 Å². The molecule has 0 saturated carbocycles. The molecular weight excluding hydrogens is 482 g/mol. The Morgan fingerprint density at radius 3 is 2.42 bits per heavy atom. The molecule has 2 aromatic rings. The zero-order valence-electron chi connectivity index (χ0n) is 21.7. The number of hydrogen-bond donors (Lipinski definition) is 1. The van der Waals surface area contributed by atoms with Crippen molar-refractivity contribution in [2.75, 3.05) is 33.8 Å². The number of hydrogen-bond acceptors (Lipinski definition) is 6. The molecule has 0 aromatic heterocycles. The lowest BCUT2D eigenvalue weighted by molar-refractivity contribution is -0.145. The van der Waals surface area contributed by atoms with E-state index in [2.05, 4.69) is 5.32 Å². The molecule has 194 valence electrons. The van der Waals surface area contributed by atoms with Crippen LogP contribution in [0.5, 0.6) is 0 Å². The Kier molecular flexibility index (Phi) is 8.71. The first-order chi connectivity index (χ1) is 17.5. The van der Waals surface area contributed by atoms with Gasteiger partial charge < -0.3 is 15.0 Å². The van der Waals surface area contributed by atoms with E-state index in [1.54, 1.807) is 36.4 Å². The van der Waals surface area contributed by atoms with Crippen molar-refractivity contribution in [1.82, 2.24) is 14.5 Å². The number of nitrogens with zero attached hydrogens (tertiary/aromatic N) is 2. The van der Waals surface area contributed by atoms with Crippen molar-refractivity contribution >= 4 is 27.8 Å². The fraction of sp³-hybridized carbons (Fsp3) is 0.423. The highest BCUT2D eigenvalue weighted by Crippen LogP contribution is 2.24. The van der Waals surface area contributed by atoms with Crippen LogP contribution in [0.4, 0.5) is 0 Å². The highest BCUT2D eigenvalue weighted by molar-refractivity contribution is 7.89. The van der Waals surface area contributed by atoms with E-state index in [0.717, 1.165) is 9.87 Å². The summed E-state index contributed by atoms with van der Waals surface area (Å²) in [7, 11) is -1.38. The molecule has 9 nitrogen and oxygen atoms in total. The third-order valence-corrected chi connectivity index (χ3v) is 8.02. The van der Waals surface area contributed by atoms with Gasteiger partial charge in [-0.05, 0) is 56.4 Å². The summed E-state index contributed by atoms with van der Waals surface area (Å²) in [5.41, 5.74) is 1.42. The first-order valence-electron chi connectivity index (χ1n) is 12.3. The number of esters is 1. The van der Waals surface area contributed by atoms with Crippen LogP contribution in [0, 0.1) is 12.8 Å². The maximum atomic E-state index is 12.8. The van der Waals surface area contributed by atoms with Crippen LogP contribution >= 0.6 is 0 Å². The number of nitrogens with one attached hydrogen (secondary N) is 1. The second-order valence-electron chi connectivity index (χ2n) is 8.89. The van der Waals surface area contributed by atoms with E-state index in [1.807, 2.05) is 13.0 Å². The quantitative estimate of drug-likeness (QED) is 0.512. The fourth-order valence-electron chi connectivity index (χ4n) is 4.06. The van der Waals surface area contributed by atoms with Gasteiger partial charge in [0.05, 0.1) is 18.6 Å². The van der Waals surface area contributed by atoms with E-state index >= 15 is 0 Å². The van der Waals surface area contributed by atoms with E-state index in [1.165, 1.54) is 31.2 Å². The van der Waals surface area contributed by atoms with Crippen LogP contribution in [0.1, 0.15) is 36.6 Å². The number of ether oxygens (including phenoxy) is 1. The molecule has 10 heteroatoms. The lowest BCUT2D eigenvalue weighted by atomic mass is 9.89. The fourth-order valence-corrected chi connectivity index (χ4v) is 5.19. The molecule has 1 saturated heterocycles. The van der Waals surface area contributed by atoms with Crippen LogP contribution in [0.3, 0.4) is 0 Å². The second kappa shape index (κ2) is 12.1. The zero-order valence-corrected chi connectivity index (χ0v) is 21.5. The van der Waals surface area contributed by atoms with E-state index in [9.17, 15) is 22.8 Å². The molecule has 0 spiro atoms. The molecule has 1 aliphatic heterocycles. The molecule has 3 rings (SSSR count). The van der Waals surface area contributed by atoms with Crippen LogP contribution in [0.15, 0.2) is 59.5 Å². The van der Waals surface area contributed by atoms with Crippen molar-refractivity contribution in [3.8, 4) is 0 Å². The number of rotatable bonds is 9. The molecule has 0 radical (unpaired) electrons. The number of benzene rings is 2. The topological polar surface area (TPSA) is 113 Å². The van der Waals surface area contributed by atoms with Crippen molar-refractivity contribution in [2.24, 2.45) is 5.92 Å². The Morgan fingerprint density at radius 1 is 1.14 bits per heavy atom. The summed E-state index contributed by atoms with van der Waals surface area (Å²) < 4.78 is 39.8. The summed E-state index contributed by atoms with van der Waals surface area (Å²) in [5, 5.41) is 2.59. The van der Waals surface area contributed by atoms with Gasteiger partial charge in [0, 0.05) is 27.0 Å². The molecule has 36 heavy (non-hydrogen) atoms. The summed E-state index contributed by atoms with van der Waals surface area (Å²) in [6.45, 7) is 0.932. The predicted molar refractivity (Wildman–Crippen MR) is 135 cm³/mol. The number of aryl methyl sites for hydroxylation is 1. The first kappa shape index (κ1) is 25.8. The highest BCUT2D eigenvalue weighted by Gasteiger charge is 2.31. The number of sulfonamides is 1. The van der Waals surface area contributed by atoms with Crippen LogP contribution in [0.2, 0.25) is 0 Å². The molecule has 2 aromatic carbocycles. The number of amides is 2. The van der Waals surface area contributed by atoms with Gasteiger partial charge in [-0.1, -0.05) is 35.9 Å². The van der Waals surface area contributed by atoms with E-state index < -0.39 is 41.0 Å². The summed E-state index contributed by atoms with van der Waals surface area (Å²) in [4.78, 5) is 39.5. The molecular formula is C26H33N3O6S. The van der Waals surface area contributed by atoms with Gasteiger partial charge in [-0.25, -0.2) is 13.2 Å². The SMILES string of the molecule is [2H]C1CC(C[C@H](NC(=O)CN(C)S(=O)(=O)c2ccc(C)cc2)C(=O)OC)CCN1C(=O)c1ccccc1. The smallest absolute Gasteiger partial charge is 0.328 e. The van der Waals surface area contributed by atoms with Crippen LogP contribution < -0.4 is 5.32 Å². The number of piperidine rings is 1.